The highest BCUT2D eigenvalue weighted by Gasteiger charge is 2.16. The summed E-state index contributed by atoms with van der Waals surface area (Å²) in [7, 11) is 0. The van der Waals surface area contributed by atoms with Crippen LogP contribution in [0.15, 0.2) is 24.3 Å². The number of carbonyl (C=O) groups excluding carboxylic acids is 1. The van der Waals surface area contributed by atoms with Crippen LogP contribution in [0, 0.1) is 8.99 Å². The van der Waals surface area contributed by atoms with Gasteiger partial charge in [0.2, 0.25) is 5.13 Å². The first-order valence-corrected chi connectivity index (χ1v) is 8.12. The second-order valence-electron chi connectivity index (χ2n) is 5.70. The van der Waals surface area contributed by atoms with Gasteiger partial charge in [-0.05, 0) is 46.2 Å². The molecule has 6 heteroatoms. The number of amides is 1. The van der Waals surface area contributed by atoms with Crippen LogP contribution in [0.2, 0.25) is 0 Å². The van der Waals surface area contributed by atoms with Crippen LogP contribution in [0.25, 0.3) is 0 Å². The van der Waals surface area contributed by atoms with Gasteiger partial charge in [-0.15, -0.1) is 10.2 Å². The smallest absolute Gasteiger partial charge is 0.257 e. The Bertz CT molecular complexity index is 619. The van der Waals surface area contributed by atoms with Crippen LogP contribution in [-0.4, -0.2) is 16.1 Å². The van der Waals surface area contributed by atoms with E-state index in [2.05, 4.69) is 58.9 Å². The molecule has 0 fully saturated rings. The number of anilines is 1. The van der Waals surface area contributed by atoms with Gasteiger partial charge < -0.3 is 0 Å². The van der Waals surface area contributed by atoms with Crippen molar-refractivity contribution in [3.05, 3.63) is 38.4 Å². The van der Waals surface area contributed by atoms with E-state index in [1.165, 1.54) is 11.3 Å². The molecule has 0 atom stereocenters. The highest BCUT2D eigenvalue weighted by atomic mass is 127. The number of nitrogens with one attached hydrogen (secondary N) is 1. The van der Waals surface area contributed by atoms with E-state index in [1.807, 2.05) is 18.2 Å². The molecule has 0 unspecified atom stereocenters. The van der Waals surface area contributed by atoms with E-state index in [-0.39, 0.29) is 11.3 Å². The van der Waals surface area contributed by atoms with Crippen molar-refractivity contribution in [2.45, 2.75) is 27.2 Å². The van der Waals surface area contributed by atoms with Gasteiger partial charge in [-0.25, -0.2) is 0 Å². The van der Waals surface area contributed by atoms with Crippen molar-refractivity contribution >= 4 is 45.0 Å². The maximum Gasteiger partial charge on any atom is 0.257 e. The van der Waals surface area contributed by atoms with E-state index in [0.29, 0.717) is 10.7 Å². The third-order valence-electron chi connectivity index (χ3n) is 2.46. The third-order valence-corrected chi connectivity index (χ3v) is 3.97. The first-order chi connectivity index (χ1) is 9.33. The Morgan fingerprint density at radius 1 is 1.35 bits per heavy atom. The van der Waals surface area contributed by atoms with Crippen LogP contribution in [-0.2, 0) is 6.42 Å². The molecule has 1 N–H and O–H groups in total. The fourth-order valence-electron chi connectivity index (χ4n) is 1.63. The monoisotopic (exact) mass is 401 g/mol. The summed E-state index contributed by atoms with van der Waals surface area (Å²) >= 11 is 3.61. The summed E-state index contributed by atoms with van der Waals surface area (Å²) in [6.45, 7) is 6.45. The highest BCUT2D eigenvalue weighted by Crippen LogP contribution is 2.25. The molecule has 0 aliphatic heterocycles. The Morgan fingerprint density at radius 3 is 2.75 bits per heavy atom. The van der Waals surface area contributed by atoms with Gasteiger partial charge in [0.25, 0.3) is 5.91 Å². The molecule has 0 aliphatic rings. The van der Waals surface area contributed by atoms with Crippen LogP contribution in [0.5, 0.6) is 0 Å². The first-order valence-electron chi connectivity index (χ1n) is 6.23. The lowest BCUT2D eigenvalue weighted by Gasteiger charge is -2.14. The van der Waals surface area contributed by atoms with Crippen molar-refractivity contribution in [1.29, 1.82) is 0 Å². The lowest BCUT2D eigenvalue weighted by atomic mass is 9.93. The minimum absolute atomic E-state index is 0.151. The van der Waals surface area contributed by atoms with E-state index in [0.717, 1.165) is 15.0 Å². The average Bonchev–Trinajstić information content (AvgIpc) is 2.74. The largest absolute Gasteiger partial charge is 0.296 e. The van der Waals surface area contributed by atoms with Crippen molar-refractivity contribution in [3.63, 3.8) is 0 Å². The molecule has 0 aliphatic carbocycles. The number of rotatable bonds is 3. The van der Waals surface area contributed by atoms with Gasteiger partial charge in [-0.1, -0.05) is 38.2 Å². The fourth-order valence-corrected chi connectivity index (χ4v) is 3.21. The lowest BCUT2D eigenvalue weighted by Crippen LogP contribution is -2.11. The summed E-state index contributed by atoms with van der Waals surface area (Å²) < 4.78 is 1.03. The number of hydrogen-bond donors (Lipinski definition) is 1. The first kappa shape index (κ1) is 15.4. The second-order valence-corrected chi connectivity index (χ2v) is 8.01. The number of nitrogens with zero attached hydrogens (tertiary/aromatic N) is 2. The Kier molecular flexibility index (Phi) is 4.74. The molecule has 20 heavy (non-hydrogen) atoms. The molecule has 0 saturated carbocycles. The molecule has 106 valence electrons. The van der Waals surface area contributed by atoms with Gasteiger partial charge in [-0.3, -0.25) is 10.1 Å². The molecule has 1 aromatic carbocycles. The molecule has 4 nitrogen and oxygen atoms in total. The van der Waals surface area contributed by atoms with Crippen LogP contribution < -0.4 is 5.32 Å². The van der Waals surface area contributed by atoms with Gasteiger partial charge in [0.1, 0.15) is 5.01 Å². The zero-order valence-electron chi connectivity index (χ0n) is 11.6. The fraction of sp³-hybridized carbons (Fsp3) is 0.357. The minimum Gasteiger partial charge on any atom is -0.296 e. The highest BCUT2D eigenvalue weighted by molar-refractivity contribution is 14.1. The zero-order valence-corrected chi connectivity index (χ0v) is 14.6. The van der Waals surface area contributed by atoms with Gasteiger partial charge in [0, 0.05) is 15.6 Å². The summed E-state index contributed by atoms with van der Waals surface area (Å²) in [6.07, 6.45) is 0.851. The number of carbonyl (C=O) groups is 1. The predicted octanol–water partition coefficient (Wildman–Crippen LogP) is 3.98. The standard InChI is InChI=1S/C14H16IN3OS/c1-14(2,3)8-11-17-18-13(20-11)16-12(19)9-5-4-6-10(15)7-9/h4-7H,8H2,1-3H3,(H,16,18,19). The summed E-state index contributed by atoms with van der Waals surface area (Å²) in [5.74, 6) is -0.151. The molecule has 2 aromatic rings. The molecule has 0 bridgehead atoms. The Balaban J connectivity index is 2.05. The molecule has 1 amide bonds. The van der Waals surface area contributed by atoms with Crippen molar-refractivity contribution in [2.24, 2.45) is 5.41 Å². The van der Waals surface area contributed by atoms with Crippen molar-refractivity contribution in [1.82, 2.24) is 10.2 Å². The zero-order chi connectivity index (χ0) is 14.8. The Hall–Kier alpha value is -1.02. The molecule has 0 spiro atoms. The number of benzene rings is 1. The number of aromatic nitrogens is 2. The molecule has 1 aromatic heterocycles. The summed E-state index contributed by atoms with van der Waals surface area (Å²) in [6, 6.07) is 7.44. The topological polar surface area (TPSA) is 54.9 Å². The van der Waals surface area contributed by atoms with E-state index in [1.54, 1.807) is 6.07 Å². The quantitative estimate of drug-likeness (QED) is 0.792. The predicted molar refractivity (Wildman–Crippen MR) is 90.2 cm³/mol. The maximum atomic E-state index is 12.1. The Labute approximate surface area is 136 Å². The van der Waals surface area contributed by atoms with Crippen LogP contribution in [0.3, 0.4) is 0 Å². The van der Waals surface area contributed by atoms with Gasteiger partial charge in [-0.2, -0.15) is 0 Å². The minimum atomic E-state index is -0.151. The number of halogens is 1. The maximum absolute atomic E-state index is 12.1. The van der Waals surface area contributed by atoms with E-state index < -0.39 is 0 Å². The van der Waals surface area contributed by atoms with Gasteiger partial charge in [0.15, 0.2) is 0 Å². The van der Waals surface area contributed by atoms with Crippen LogP contribution in [0.4, 0.5) is 5.13 Å². The van der Waals surface area contributed by atoms with Gasteiger partial charge in [0.05, 0.1) is 0 Å². The summed E-state index contributed by atoms with van der Waals surface area (Å²) in [5.41, 5.74) is 0.792. The van der Waals surface area contributed by atoms with E-state index in [4.69, 9.17) is 0 Å². The summed E-state index contributed by atoms with van der Waals surface area (Å²) in [4.78, 5) is 12.1. The van der Waals surface area contributed by atoms with E-state index in [9.17, 15) is 4.79 Å². The van der Waals surface area contributed by atoms with E-state index >= 15 is 0 Å². The van der Waals surface area contributed by atoms with Crippen LogP contribution >= 0.6 is 33.9 Å². The normalized spacial score (nSPS) is 11.4. The van der Waals surface area contributed by atoms with Crippen molar-refractivity contribution in [3.8, 4) is 0 Å². The van der Waals surface area contributed by atoms with Crippen molar-refractivity contribution in [2.75, 3.05) is 5.32 Å². The molecular formula is C14H16IN3OS. The number of hydrogen-bond acceptors (Lipinski definition) is 4. The molecule has 1 heterocycles. The lowest BCUT2D eigenvalue weighted by molar-refractivity contribution is 0.102. The molecule has 0 radical (unpaired) electrons. The second kappa shape index (κ2) is 6.17. The molecule has 0 saturated heterocycles. The average molecular weight is 401 g/mol. The summed E-state index contributed by atoms with van der Waals surface area (Å²) in [5, 5.41) is 12.4. The van der Waals surface area contributed by atoms with Crippen molar-refractivity contribution < 1.29 is 4.79 Å². The Morgan fingerprint density at radius 2 is 2.10 bits per heavy atom. The molecular weight excluding hydrogens is 385 g/mol. The van der Waals surface area contributed by atoms with Crippen LogP contribution in [0.1, 0.15) is 36.1 Å². The van der Waals surface area contributed by atoms with Gasteiger partial charge >= 0.3 is 0 Å². The third kappa shape index (κ3) is 4.52. The SMILES string of the molecule is CC(C)(C)Cc1nnc(NC(=O)c2cccc(I)c2)s1. The molecule has 2 rings (SSSR count).